The molecule has 0 aromatic heterocycles. The standard InChI is InChI=1S/C18H37N5.HI/c1-3-19-18(20-10-14-23-11-6-5-7-12-23)21-15-17-9-8-13-22(4-2)16-17;/h17H,3-16H2,1-2H3,(H2,19,20,21);1H. The molecule has 2 saturated heterocycles. The van der Waals surface area contributed by atoms with Gasteiger partial charge in [0.2, 0.25) is 0 Å². The largest absolute Gasteiger partial charge is 0.357 e. The van der Waals surface area contributed by atoms with Gasteiger partial charge in [0.15, 0.2) is 5.96 Å². The van der Waals surface area contributed by atoms with Gasteiger partial charge in [-0.3, -0.25) is 4.99 Å². The molecule has 142 valence electrons. The molecule has 0 amide bonds. The average Bonchev–Trinajstić information content (AvgIpc) is 2.61. The van der Waals surface area contributed by atoms with E-state index in [2.05, 4.69) is 34.3 Å². The van der Waals surface area contributed by atoms with Gasteiger partial charge in [0, 0.05) is 32.7 Å². The highest BCUT2D eigenvalue weighted by molar-refractivity contribution is 14.0. The number of likely N-dealkylation sites (tertiary alicyclic amines) is 2. The normalized spacial score (nSPS) is 23.6. The predicted octanol–water partition coefficient (Wildman–Crippen LogP) is 2.38. The van der Waals surface area contributed by atoms with Crippen LogP contribution >= 0.6 is 24.0 Å². The second kappa shape index (κ2) is 13.2. The summed E-state index contributed by atoms with van der Waals surface area (Å²) in [4.78, 5) is 9.96. The van der Waals surface area contributed by atoms with Gasteiger partial charge in [-0.1, -0.05) is 13.3 Å². The molecule has 0 bridgehead atoms. The Bertz CT molecular complexity index is 344. The molecule has 0 aliphatic carbocycles. The molecule has 2 aliphatic rings. The third-order valence-corrected chi connectivity index (χ3v) is 5.07. The lowest BCUT2D eigenvalue weighted by molar-refractivity contribution is 0.186. The SMILES string of the molecule is CCNC(=NCC1CCCN(CC)C1)NCCN1CCCCC1.I. The first-order chi connectivity index (χ1) is 11.3. The van der Waals surface area contributed by atoms with Crippen molar-refractivity contribution >= 4 is 29.9 Å². The van der Waals surface area contributed by atoms with Crippen LogP contribution in [-0.4, -0.2) is 74.7 Å². The molecule has 2 heterocycles. The van der Waals surface area contributed by atoms with Crippen LogP contribution in [0.25, 0.3) is 0 Å². The number of hydrogen-bond acceptors (Lipinski definition) is 3. The van der Waals surface area contributed by atoms with Crippen molar-refractivity contribution in [2.45, 2.75) is 46.0 Å². The minimum absolute atomic E-state index is 0. The highest BCUT2D eigenvalue weighted by Crippen LogP contribution is 2.16. The van der Waals surface area contributed by atoms with E-state index in [4.69, 9.17) is 4.99 Å². The molecule has 6 heteroatoms. The fourth-order valence-corrected chi connectivity index (χ4v) is 3.67. The van der Waals surface area contributed by atoms with Gasteiger partial charge in [-0.05, 0) is 64.7 Å². The van der Waals surface area contributed by atoms with E-state index in [-0.39, 0.29) is 24.0 Å². The lowest BCUT2D eigenvalue weighted by atomic mass is 9.98. The van der Waals surface area contributed by atoms with Crippen molar-refractivity contribution in [2.75, 3.05) is 58.9 Å². The zero-order chi connectivity index (χ0) is 16.3. The van der Waals surface area contributed by atoms with Gasteiger partial charge < -0.3 is 20.4 Å². The number of aliphatic imine (C=N–C) groups is 1. The fourth-order valence-electron chi connectivity index (χ4n) is 3.67. The number of piperidine rings is 2. The third kappa shape index (κ3) is 8.34. The molecule has 2 aliphatic heterocycles. The van der Waals surface area contributed by atoms with Gasteiger partial charge in [0.1, 0.15) is 0 Å². The first-order valence-electron chi connectivity index (χ1n) is 9.78. The van der Waals surface area contributed by atoms with Crippen molar-refractivity contribution in [1.82, 2.24) is 20.4 Å². The minimum atomic E-state index is 0. The Morgan fingerprint density at radius 3 is 2.46 bits per heavy atom. The van der Waals surface area contributed by atoms with Gasteiger partial charge in [0.05, 0.1) is 0 Å². The summed E-state index contributed by atoms with van der Waals surface area (Å²) in [5.74, 6) is 1.72. The van der Waals surface area contributed by atoms with Gasteiger partial charge >= 0.3 is 0 Å². The number of hydrogen-bond donors (Lipinski definition) is 2. The Balaban J connectivity index is 0.00000288. The van der Waals surface area contributed by atoms with Gasteiger partial charge in [-0.15, -0.1) is 24.0 Å². The second-order valence-electron chi connectivity index (χ2n) is 6.95. The molecular formula is C18H38IN5. The van der Waals surface area contributed by atoms with E-state index in [0.717, 1.165) is 38.1 Å². The summed E-state index contributed by atoms with van der Waals surface area (Å²) in [7, 11) is 0. The Morgan fingerprint density at radius 1 is 1.00 bits per heavy atom. The van der Waals surface area contributed by atoms with Crippen LogP contribution in [0.3, 0.4) is 0 Å². The summed E-state index contributed by atoms with van der Waals surface area (Å²) in [6.07, 6.45) is 6.79. The maximum atomic E-state index is 4.84. The molecule has 2 N–H and O–H groups in total. The third-order valence-electron chi connectivity index (χ3n) is 5.07. The first-order valence-corrected chi connectivity index (χ1v) is 9.78. The van der Waals surface area contributed by atoms with Crippen LogP contribution in [-0.2, 0) is 0 Å². The Kier molecular flexibility index (Phi) is 12.0. The summed E-state index contributed by atoms with van der Waals surface area (Å²) in [6, 6.07) is 0. The maximum Gasteiger partial charge on any atom is 0.191 e. The highest BCUT2D eigenvalue weighted by atomic mass is 127. The zero-order valence-corrected chi connectivity index (χ0v) is 18.1. The van der Waals surface area contributed by atoms with Crippen LogP contribution in [0.2, 0.25) is 0 Å². The monoisotopic (exact) mass is 451 g/mol. The van der Waals surface area contributed by atoms with Crippen LogP contribution in [0.5, 0.6) is 0 Å². The maximum absolute atomic E-state index is 4.84. The van der Waals surface area contributed by atoms with E-state index in [9.17, 15) is 0 Å². The van der Waals surface area contributed by atoms with Crippen molar-refractivity contribution in [3.8, 4) is 0 Å². The van der Waals surface area contributed by atoms with Crippen LogP contribution in [0.1, 0.15) is 46.0 Å². The first kappa shape index (κ1) is 22.0. The summed E-state index contributed by atoms with van der Waals surface area (Å²) in [5, 5.41) is 6.91. The lowest BCUT2D eigenvalue weighted by Crippen LogP contribution is -2.43. The highest BCUT2D eigenvalue weighted by Gasteiger charge is 2.18. The van der Waals surface area contributed by atoms with E-state index < -0.39 is 0 Å². The number of guanidine groups is 1. The number of nitrogens with one attached hydrogen (secondary N) is 2. The fraction of sp³-hybridized carbons (Fsp3) is 0.944. The molecule has 0 aromatic rings. The summed E-state index contributed by atoms with van der Waals surface area (Å²) in [6.45, 7) is 14.6. The molecule has 0 radical (unpaired) electrons. The molecular weight excluding hydrogens is 413 g/mol. The minimum Gasteiger partial charge on any atom is -0.357 e. The average molecular weight is 451 g/mol. The molecule has 2 fully saturated rings. The van der Waals surface area contributed by atoms with E-state index in [1.165, 1.54) is 64.8 Å². The van der Waals surface area contributed by atoms with E-state index in [1.807, 2.05) is 0 Å². The Labute approximate surface area is 166 Å². The number of halogens is 1. The number of nitrogens with zero attached hydrogens (tertiary/aromatic N) is 3. The summed E-state index contributed by atoms with van der Waals surface area (Å²) in [5.41, 5.74) is 0. The zero-order valence-electron chi connectivity index (χ0n) is 15.7. The quantitative estimate of drug-likeness (QED) is 0.355. The molecule has 0 aromatic carbocycles. The molecule has 5 nitrogen and oxygen atoms in total. The smallest absolute Gasteiger partial charge is 0.191 e. The summed E-state index contributed by atoms with van der Waals surface area (Å²) >= 11 is 0. The van der Waals surface area contributed by atoms with Crippen molar-refractivity contribution < 1.29 is 0 Å². The molecule has 2 rings (SSSR count). The molecule has 1 atom stereocenters. The van der Waals surface area contributed by atoms with Crippen molar-refractivity contribution in [3.63, 3.8) is 0 Å². The predicted molar refractivity (Wildman–Crippen MR) is 115 cm³/mol. The lowest BCUT2D eigenvalue weighted by Gasteiger charge is -2.31. The van der Waals surface area contributed by atoms with E-state index in [1.54, 1.807) is 0 Å². The van der Waals surface area contributed by atoms with Crippen LogP contribution in [0.4, 0.5) is 0 Å². The molecule has 0 saturated carbocycles. The van der Waals surface area contributed by atoms with E-state index in [0.29, 0.717) is 0 Å². The van der Waals surface area contributed by atoms with Crippen molar-refractivity contribution in [3.05, 3.63) is 0 Å². The second-order valence-corrected chi connectivity index (χ2v) is 6.95. The van der Waals surface area contributed by atoms with Crippen LogP contribution in [0, 0.1) is 5.92 Å². The Hall–Kier alpha value is -0.0800. The molecule has 24 heavy (non-hydrogen) atoms. The number of rotatable bonds is 7. The van der Waals surface area contributed by atoms with Crippen LogP contribution in [0.15, 0.2) is 4.99 Å². The Morgan fingerprint density at radius 2 is 1.75 bits per heavy atom. The van der Waals surface area contributed by atoms with Crippen LogP contribution < -0.4 is 10.6 Å². The van der Waals surface area contributed by atoms with Gasteiger partial charge in [-0.25, -0.2) is 0 Å². The summed E-state index contributed by atoms with van der Waals surface area (Å²) < 4.78 is 0. The van der Waals surface area contributed by atoms with Crippen molar-refractivity contribution in [1.29, 1.82) is 0 Å². The van der Waals surface area contributed by atoms with E-state index >= 15 is 0 Å². The van der Waals surface area contributed by atoms with Gasteiger partial charge in [-0.2, -0.15) is 0 Å². The molecule has 0 spiro atoms. The molecule has 1 unspecified atom stereocenters. The topological polar surface area (TPSA) is 42.9 Å². The van der Waals surface area contributed by atoms with Crippen molar-refractivity contribution in [2.24, 2.45) is 10.9 Å². The van der Waals surface area contributed by atoms with Gasteiger partial charge in [0.25, 0.3) is 0 Å².